The normalized spacial score (nSPS) is 31.8. The molecule has 0 radical (unpaired) electrons. The summed E-state index contributed by atoms with van der Waals surface area (Å²) in [6, 6.07) is 0.562. The summed E-state index contributed by atoms with van der Waals surface area (Å²) in [5, 5.41) is 0. The zero-order chi connectivity index (χ0) is 24.5. The third-order valence-corrected chi connectivity index (χ3v) is 7.20. The fourth-order valence-electron chi connectivity index (χ4n) is 5.28. The van der Waals surface area contributed by atoms with Crippen LogP contribution in [0, 0.1) is 23.2 Å². The van der Waals surface area contributed by atoms with Gasteiger partial charge in [0.2, 0.25) is 0 Å². The van der Waals surface area contributed by atoms with Crippen LogP contribution in [-0.4, -0.2) is 33.4 Å². The first-order valence-corrected chi connectivity index (χ1v) is 12.7. The molecule has 1 aliphatic heterocycles. The molecule has 3 rings (SSSR count). The maximum atomic E-state index is 12.3. The summed E-state index contributed by atoms with van der Waals surface area (Å²) in [7, 11) is 0. The van der Waals surface area contributed by atoms with Crippen molar-refractivity contribution in [3.63, 3.8) is 0 Å². The number of carbonyl (C=O) groups is 3. The third kappa shape index (κ3) is 8.48. The number of ether oxygens (including phenoxy) is 1. The Kier molecular flexibility index (Phi) is 12.5. The van der Waals surface area contributed by atoms with E-state index in [1.807, 2.05) is 0 Å². The molecule has 187 valence electrons. The van der Waals surface area contributed by atoms with Gasteiger partial charge in [-0.3, -0.25) is 14.4 Å². The van der Waals surface area contributed by atoms with Gasteiger partial charge in [-0.2, -0.15) is 0 Å². The second-order valence-electron chi connectivity index (χ2n) is 10.1. The molecule has 0 aromatic rings. The van der Waals surface area contributed by atoms with Crippen molar-refractivity contribution >= 4 is 17.5 Å². The van der Waals surface area contributed by atoms with Gasteiger partial charge in [0, 0.05) is 24.6 Å². The molecule has 8 heteroatoms. The predicted octanol–water partition coefficient (Wildman–Crippen LogP) is 3.10. The van der Waals surface area contributed by atoms with E-state index in [2.05, 4.69) is 20.8 Å². The molecular weight excluding hydrogens is 591 g/mol. The summed E-state index contributed by atoms with van der Waals surface area (Å²) in [6.07, 6.45) is 10.7. The predicted molar refractivity (Wildman–Crippen MR) is 120 cm³/mol. The second-order valence-corrected chi connectivity index (χ2v) is 10.1. The third-order valence-electron chi connectivity index (χ3n) is 7.20. The summed E-state index contributed by atoms with van der Waals surface area (Å²) < 4.78 is 11.9. The first-order valence-electron chi connectivity index (χ1n) is 11.6. The van der Waals surface area contributed by atoms with Crippen LogP contribution in [0.25, 0.3) is 0 Å². The summed E-state index contributed by atoms with van der Waals surface area (Å²) in [4.78, 5) is 36.0. The molecule has 7 nitrogen and oxygen atoms in total. The molecule has 0 saturated heterocycles. The molecule has 0 spiro atoms. The number of allylic oxidation sites excluding steroid dienone is 2. The van der Waals surface area contributed by atoms with Crippen molar-refractivity contribution in [2.24, 2.45) is 34.6 Å². The number of hydrogen-bond donors (Lipinski definition) is 3. The molecule has 0 aromatic heterocycles. The number of Topliss-reactive ketones (excluding diaryl/α,β-unsaturated/α-hetero) is 1. The van der Waals surface area contributed by atoms with Gasteiger partial charge in [0.25, 0.3) is 0 Å². The zero-order valence-corrected chi connectivity index (χ0v) is 22.2. The van der Waals surface area contributed by atoms with Crippen molar-refractivity contribution in [1.82, 2.24) is 0 Å². The second kappa shape index (κ2) is 13.7. The molecule has 2 fully saturated rings. The monoisotopic (exact) mass is 632 g/mol. The number of nitrogens with two attached hydrogens (primary N) is 2. The van der Waals surface area contributed by atoms with Gasteiger partial charge in [-0.1, -0.05) is 46.5 Å². The van der Waals surface area contributed by atoms with Crippen LogP contribution in [0.3, 0.4) is 0 Å². The van der Waals surface area contributed by atoms with Crippen LogP contribution in [0.15, 0.2) is 11.8 Å². The Bertz CT molecular complexity index is 669. The summed E-state index contributed by atoms with van der Waals surface area (Å²) in [5.41, 5.74) is 11.5. The van der Waals surface area contributed by atoms with Crippen LogP contribution >= 0.6 is 0 Å². The van der Waals surface area contributed by atoms with Crippen LogP contribution in [0.5, 0.6) is 0 Å². The topological polar surface area (TPSA) is 133 Å². The van der Waals surface area contributed by atoms with E-state index in [0.717, 1.165) is 39.5 Å². The van der Waals surface area contributed by atoms with Crippen LogP contribution < -0.4 is 11.5 Å². The van der Waals surface area contributed by atoms with Gasteiger partial charge in [0.1, 0.15) is 5.76 Å². The number of carbonyl (C=O) groups excluding carboxylic acids is 3. The molecule has 0 amide bonds. The quantitative estimate of drug-likeness (QED) is 0.321. The number of hydrogen-bond acceptors (Lipinski definition) is 7. The van der Waals surface area contributed by atoms with Gasteiger partial charge in [0.05, 0.1) is 0 Å². The van der Waals surface area contributed by atoms with Gasteiger partial charge in [0.15, 0.2) is 17.5 Å². The van der Waals surface area contributed by atoms with Gasteiger partial charge in [-0.05, 0) is 49.9 Å². The number of rotatable bonds is 4. The first-order chi connectivity index (χ1) is 15.0. The standard InChI is InChI=1S/C18H26O4.C6H14N2.H2O.Pt/c1-11-6-5-9-18(3,4)13(11)7-8-14(19)16-15(20)10-12(2)22-17(16)21;7-5-3-1-2-4-6(5)8;;/h10-11,13,16H,5-9H2,1-4H3;5-6H,1-4,7-8H2;1H2;/q;;;+1/p-1/t;5-,6-;;/m.1../s1. The van der Waals surface area contributed by atoms with E-state index in [1.165, 1.54) is 38.2 Å². The summed E-state index contributed by atoms with van der Waals surface area (Å²) in [6.45, 7) is 8.29. The van der Waals surface area contributed by atoms with Crippen LogP contribution in [0.4, 0.5) is 0 Å². The molecule has 2 saturated carbocycles. The Balaban J connectivity index is 0.000000427. The fraction of sp³-hybridized carbons (Fsp3) is 0.792. The van der Waals surface area contributed by atoms with E-state index < -0.39 is 17.7 Å². The van der Waals surface area contributed by atoms with E-state index in [1.54, 1.807) is 6.92 Å². The van der Waals surface area contributed by atoms with Gasteiger partial charge >= 0.3 is 29.9 Å². The minimum absolute atomic E-state index is 0.214. The van der Waals surface area contributed by atoms with Crippen molar-refractivity contribution in [2.75, 3.05) is 0 Å². The van der Waals surface area contributed by atoms with Crippen molar-refractivity contribution < 1.29 is 43.1 Å². The zero-order valence-electron chi connectivity index (χ0n) is 19.9. The average molecular weight is 633 g/mol. The van der Waals surface area contributed by atoms with Gasteiger partial charge < -0.3 is 16.2 Å². The van der Waals surface area contributed by atoms with Gasteiger partial charge in [-0.15, -0.1) is 0 Å². The number of cyclic esters (lactones) is 1. The molecule has 2 aliphatic carbocycles. The minimum atomic E-state index is -1.24. The molecule has 3 aliphatic rings. The molecule has 0 aromatic carbocycles. The van der Waals surface area contributed by atoms with E-state index in [9.17, 15) is 14.4 Å². The summed E-state index contributed by atoms with van der Waals surface area (Å²) >= 11 is 1.14. The van der Waals surface area contributed by atoms with E-state index in [-0.39, 0.29) is 35.5 Å². The van der Waals surface area contributed by atoms with Crippen LogP contribution in [0.2, 0.25) is 0 Å². The molecular formula is C24H41N2O5Pt. The van der Waals surface area contributed by atoms with Crippen molar-refractivity contribution in [2.45, 2.75) is 97.6 Å². The van der Waals surface area contributed by atoms with E-state index in [4.69, 9.17) is 20.0 Å². The molecule has 5 N–H and O–H groups in total. The maximum absolute atomic E-state index is 12.3. The van der Waals surface area contributed by atoms with Crippen molar-refractivity contribution in [1.29, 1.82) is 0 Å². The summed E-state index contributed by atoms with van der Waals surface area (Å²) in [5.74, 6) is -1.40. The Morgan fingerprint density at radius 3 is 2.16 bits per heavy atom. The van der Waals surface area contributed by atoms with Crippen molar-refractivity contribution in [3.8, 4) is 0 Å². The Morgan fingerprint density at radius 1 is 1.12 bits per heavy atom. The molecule has 32 heavy (non-hydrogen) atoms. The Hall–Kier alpha value is -0.882. The molecule has 1 heterocycles. The number of ketones is 2. The average Bonchev–Trinajstić information content (AvgIpc) is 2.70. The van der Waals surface area contributed by atoms with Gasteiger partial charge in [-0.25, -0.2) is 0 Å². The SMILES string of the molecule is CC1=CC(=O)C(C(=O)CCC2C(C)CCCC2(C)C)C(=O)O1.N[C@@H]1CCCC[C@H]1N.[OH][Pt]. The first kappa shape index (κ1) is 29.2. The fourth-order valence-corrected chi connectivity index (χ4v) is 5.28. The molecule has 0 bridgehead atoms. The van der Waals surface area contributed by atoms with E-state index in [0.29, 0.717) is 11.8 Å². The Labute approximate surface area is 204 Å². The van der Waals surface area contributed by atoms with Crippen molar-refractivity contribution in [3.05, 3.63) is 11.8 Å². The Morgan fingerprint density at radius 2 is 1.69 bits per heavy atom. The number of esters is 1. The van der Waals surface area contributed by atoms with Crippen LogP contribution in [0.1, 0.15) is 85.5 Å². The van der Waals surface area contributed by atoms with Crippen LogP contribution in [-0.2, 0) is 39.3 Å². The molecule has 3 unspecified atom stereocenters. The molecule has 5 atom stereocenters. The van der Waals surface area contributed by atoms with E-state index >= 15 is 0 Å².